The highest BCUT2D eigenvalue weighted by atomic mass is 16.5. The second kappa shape index (κ2) is 10.7. The fraction of sp³-hybridized carbons (Fsp3) is 0.138. The van der Waals surface area contributed by atoms with E-state index in [1.165, 1.54) is 19.2 Å². The Kier molecular flexibility index (Phi) is 7.25. The Morgan fingerprint density at radius 2 is 1.29 bits per heavy atom. The largest absolute Gasteiger partial charge is 0.508 e. The lowest BCUT2D eigenvalue weighted by molar-refractivity contribution is -0.144. The molecule has 0 amide bonds. The van der Waals surface area contributed by atoms with E-state index in [-0.39, 0.29) is 18.9 Å². The van der Waals surface area contributed by atoms with Crippen LogP contribution in [0.15, 0.2) is 109 Å². The van der Waals surface area contributed by atoms with Crippen molar-refractivity contribution in [2.45, 2.75) is 12.1 Å². The Balaban J connectivity index is 1.62. The Labute approximate surface area is 199 Å². The van der Waals surface area contributed by atoms with Crippen LogP contribution in [0.3, 0.4) is 0 Å². The minimum Gasteiger partial charge on any atom is -0.508 e. The van der Waals surface area contributed by atoms with Gasteiger partial charge in [0.05, 0.1) is 19.2 Å². The van der Waals surface area contributed by atoms with Gasteiger partial charge in [-0.1, -0.05) is 91.0 Å². The zero-order valence-corrected chi connectivity index (χ0v) is 19.0. The van der Waals surface area contributed by atoms with Crippen molar-refractivity contribution in [1.29, 1.82) is 0 Å². The van der Waals surface area contributed by atoms with Crippen molar-refractivity contribution in [3.8, 4) is 11.5 Å². The summed E-state index contributed by atoms with van der Waals surface area (Å²) < 4.78 is 10.8. The number of rotatable bonds is 9. The summed E-state index contributed by atoms with van der Waals surface area (Å²) in [5.74, 6) is 0.155. The number of carbonyl (C=O) groups is 1. The summed E-state index contributed by atoms with van der Waals surface area (Å²) in [7, 11) is 1.51. The fourth-order valence-electron chi connectivity index (χ4n) is 4.14. The molecule has 0 aliphatic heterocycles. The van der Waals surface area contributed by atoms with Gasteiger partial charge in [0.1, 0.15) is 18.1 Å². The second-order valence-electron chi connectivity index (χ2n) is 7.86. The van der Waals surface area contributed by atoms with E-state index in [0.717, 1.165) is 16.7 Å². The van der Waals surface area contributed by atoms with Gasteiger partial charge in [0.25, 0.3) is 0 Å². The number of hydrogen-bond acceptors (Lipinski definition) is 5. The highest BCUT2D eigenvalue weighted by Crippen LogP contribution is 2.36. The zero-order chi connectivity index (χ0) is 23.8. The first-order valence-electron chi connectivity index (χ1n) is 11.1. The maximum absolute atomic E-state index is 12.8. The third kappa shape index (κ3) is 4.95. The molecule has 0 unspecified atom stereocenters. The van der Waals surface area contributed by atoms with Crippen LogP contribution >= 0.6 is 0 Å². The average Bonchev–Trinajstić information content (AvgIpc) is 2.90. The number of benzene rings is 4. The van der Waals surface area contributed by atoms with E-state index in [9.17, 15) is 9.90 Å². The molecule has 172 valence electrons. The minimum absolute atomic E-state index is 0.0148. The van der Waals surface area contributed by atoms with Crippen LogP contribution < -0.4 is 10.1 Å². The normalized spacial score (nSPS) is 11.1. The molecule has 0 heterocycles. The van der Waals surface area contributed by atoms with Crippen molar-refractivity contribution in [3.05, 3.63) is 131 Å². The molecule has 0 aromatic heterocycles. The van der Waals surface area contributed by atoms with Crippen LogP contribution in [0.2, 0.25) is 0 Å². The lowest BCUT2D eigenvalue weighted by Gasteiger charge is -2.36. The number of esters is 1. The van der Waals surface area contributed by atoms with Gasteiger partial charge in [0.15, 0.2) is 0 Å². The summed E-state index contributed by atoms with van der Waals surface area (Å²) in [5, 5.41) is 13.2. The first-order valence-corrected chi connectivity index (χ1v) is 11.1. The number of hydrogen-bond donors (Lipinski definition) is 2. The number of phenols is 1. The summed E-state index contributed by atoms with van der Waals surface area (Å²) >= 11 is 0. The van der Waals surface area contributed by atoms with Gasteiger partial charge >= 0.3 is 5.97 Å². The third-order valence-electron chi connectivity index (χ3n) is 5.78. The van der Waals surface area contributed by atoms with Crippen LogP contribution in [0.1, 0.15) is 22.3 Å². The molecule has 0 aliphatic rings. The van der Waals surface area contributed by atoms with Crippen molar-refractivity contribution in [2.24, 2.45) is 0 Å². The topological polar surface area (TPSA) is 67.8 Å². The molecule has 2 N–H and O–H groups in total. The molecule has 0 aliphatic carbocycles. The van der Waals surface area contributed by atoms with Crippen LogP contribution in [0, 0.1) is 0 Å². The Hall–Kier alpha value is -4.09. The van der Waals surface area contributed by atoms with Crippen LogP contribution in [0.25, 0.3) is 0 Å². The smallest absolute Gasteiger partial charge is 0.320 e. The summed E-state index contributed by atoms with van der Waals surface area (Å²) in [6.45, 7) is 0.0259. The molecule has 0 bridgehead atoms. The van der Waals surface area contributed by atoms with Crippen LogP contribution in [-0.4, -0.2) is 24.7 Å². The molecule has 0 atom stereocenters. The Morgan fingerprint density at radius 1 is 0.794 bits per heavy atom. The number of ether oxygens (including phenoxy) is 2. The summed E-state index contributed by atoms with van der Waals surface area (Å²) in [6.07, 6.45) is 0. The predicted octanol–water partition coefficient (Wildman–Crippen LogP) is 5.03. The van der Waals surface area contributed by atoms with Crippen molar-refractivity contribution < 1.29 is 19.4 Å². The van der Waals surface area contributed by atoms with Gasteiger partial charge in [-0.15, -0.1) is 0 Å². The first kappa shape index (κ1) is 23.1. The van der Waals surface area contributed by atoms with E-state index >= 15 is 0 Å². The number of methoxy groups -OCH3 is 1. The maximum Gasteiger partial charge on any atom is 0.320 e. The van der Waals surface area contributed by atoms with E-state index in [1.807, 2.05) is 54.6 Å². The van der Waals surface area contributed by atoms with E-state index in [0.29, 0.717) is 11.3 Å². The predicted molar refractivity (Wildman–Crippen MR) is 132 cm³/mol. The lowest BCUT2D eigenvalue weighted by Crippen LogP contribution is -2.47. The van der Waals surface area contributed by atoms with E-state index in [1.54, 1.807) is 6.07 Å². The molecule has 5 nitrogen and oxygen atoms in total. The van der Waals surface area contributed by atoms with E-state index in [2.05, 4.69) is 41.7 Å². The molecule has 0 radical (unpaired) electrons. The maximum atomic E-state index is 12.8. The zero-order valence-electron chi connectivity index (χ0n) is 19.0. The lowest BCUT2D eigenvalue weighted by atomic mass is 9.77. The molecule has 5 heteroatoms. The molecular formula is C29H27NO4. The Morgan fingerprint density at radius 3 is 1.76 bits per heavy atom. The van der Waals surface area contributed by atoms with Gasteiger partial charge in [-0.2, -0.15) is 0 Å². The fourth-order valence-corrected chi connectivity index (χ4v) is 4.14. The number of carbonyl (C=O) groups excluding carboxylic acids is 1. The highest BCUT2D eigenvalue weighted by Gasteiger charge is 2.36. The number of phenolic OH excluding ortho intramolecular Hbond substituents is 1. The Bertz CT molecular complexity index is 1110. The minimum atomic E-state index is -0.751. The van der Waals surface area contributed by atoms with E-state index < -0.39 is 11.5 Å². The number of nitrogens with one attached hydrogen (secondary N) is 1. The van der Waals surface area contributed by atoms with Crippen molar-refractivity contribution in [3.63, 3.8) is 0 Å². The molecule has 4 rings (SSSR count). The van der Waals surface area contributed by atoms with E-state index in [4.69, 9.17) is 9.47 Å². The first-order chi connectivity index (χ1) is 16.6. The van der Waals surface area contributed by atoms with Crippen molar-refractivity contribution in [1.82, 2.24) is 5.32 Å². The second-order valence-corrected chi connectivity index (χ2v) is 7.86. The van der Waals surface area contributed by atoms with Gasteiger partial charge in [0.2, 0.25) is 0 Å². The van der Waals surface area contributed by atoms with Gasteiger partial charge < -0.3 is 14.6 Å². The van der Waals surface area contributed by atoms with Gasteiger partial charge in [-0.3, -0.25) is 10.1 Å². The van der Waals surface area contributed by atoms with Crippen LogP contribution in [0.5, 0.6) is 11.5 Å². The molecule has 4 aromatic rings. The quantitative estimate of drug-likeness (QED) is 0.275. The molecule has 0 saturated carbocycles. The molecule has 0 fully saturated rings. The monoisotopic (exact) mass is 453 g/mol. The van der Waals surface area contributed by atoms with Crippen LogP contribution in [-0.2, 0) is 21.7 Å². The van der Waals surface area contributed by atoms with Crippen LogP contribution in [0.4, 0.5) is 0 Å². The van der Waals surface area contributed by atoms with Gasteiger partial charge in [-0.05, 0) is 28.8 Å². The average molecular weight is 454 g/mol. The molecule has 0 saturated heterocycles. The van der Waals surface area contributed by atoms with Gasteiger partial charge in [-0.25, -0.2) is 0 Å². The molecular weight excluding hydrogens is 426 g/mol. The summed E-state index contributed by atoms with van der Waals surface area (Å²) in [6, 6.07) is 34.9. The molecule has 4 aromatic carbocycles. The summed E-state index contributed by atoms with van der Waals surface area (Å²) in [4.78, 5) is 12.8. The van der Waals surface area contributed by atoms with Crippen molar-refractivity contribution >= 4 is 5.97 Å². The number of aromatic hydroxyl groups is 1. The highest BCUT2D eigenvalue weighted by molar-refractivity contribution is 5.72. The van der Waals surface area contributed by atoms with Gasteiger partial charge in [0, 0.05) is 11.6 Å². The standard InChI is InChI=1S/C29H27NO4/c1-33-27-19-26(31)18-17-22(27)21-34-28(32)20-30-29(23-11-5-2-6-12-23,24-13-7-3-8-14-24)25-15-9-4-10-16-25/h2-19,30-31H,20-21H2,1H3. The summed E-state index contributed by atoms with van der Waals surface area (Å²) in [5.41, 5.74) is 2.97. The SMILES string of the molecule is COc1cc(O)ccc1COC(=O)CNC(c1ccccc1)(c1ccccc1)c1ccccc1. The molecule has 0 spiro atoms. The third-order valence-corrected chi connectivity index (χ3v) is 5.78. The van der Waals surface area contributed by atoms with Crippen molar-refractivity contribution in [2.75, 3.05) is 13.7 Å². The molecule has 34 heavy (non-hydrogen) atoms.